The van der Waals surface area contributed by atoms with E-state index < -0.39 is 5.97 Å². The van der Waals surface area contributed by atoms with Crippen LogP contribution in [0.3, 0.4) is 0 Å². The molecule has 0 aliphatic carbocycles. The fourth-order valence-corrected chi connectivity index (χ4v) is 2.33. The van der Waals surface area contributed by atoms with Crippen LogP contribution in [0.25, 0.3) is 0 Å². The van der Waals surface area contributed by atoms with Crippen molar-refractivity contribution in [2.75, 3.05) is 11.9 Å². The van der Waals surface area contributed by atoms with Gasteiger partial charge in [0.25, 0.3) is 0 Å². The molecule has 2 rings (SSSR count). The molecule has 0 aromatic heterocycles. The highest BCUT2D eigenvalue weighted by atomic mass is 16.4. The highest BCUT2D eigenvalue weighted by Crippen LogP contribution is 2.25. The van der Waals surface area contributed by atoms with Crippen molar-refractivity contribution in [1.82, 2.24) is 5.32 Å². The van der Waals surface area contributed by atoms with E-state index in [2.05, 4.69) is 10.6 Å². The minimum Gasteiger partial charge on any atom is -0.481 e. The molecule has 5 nitrogen and oxygen atoms in total. The number of hydrogen-bond acceptors (Lipinski definition) is 3. The minimum atomic E-state index is -0.795. The fourth-order valence-electron chi connectivity index (χ4n) is 2.33. The summed E-state index contributed by atoms with van der Waals surface area (Å²) >= 11 is 0. The van der Waals surface area contributed by atoms with Crippen LogP contribution >= 0.6 is 0 Å². The number of nitrogens with one attached hydrogen (secondary N) is 2. The van der Waals surface area contributed by atoms with Gasteiger partial charge in [0.1, 0.15) is 6.04 Å². The Balaban J connectivity index is 1.75. The summed E-state index contributed by atoms with van der Waals surface area (Å²) in [5.74, 6) is -0.654. The Labute approximate surface area is 118 Å². The van der Waals surface area contributed by atoms with Crippen LogP contribution in [-0.2, 0) is 16.0 Å². The Morgan fingerprint density at radius 3 is 2.90 bits per heavy atom. The maximum atomic E-state index is 12.1. The van der Waals surface area contributed by atoms with Gasteiger partial charge in [0, 0.05) is 25.1 Å². The summed E-state index contributed by atoms with van der Waals surface area (Å²) in [6.07, 6.45) is 1.42. The second kappa shape index (κ2) is 6.41. The normalized spacial score (nSPS) is 17.9. The summed E-state index contributed by atoms with van der Waals surface area (Å²) in [6.45, 7) is 2.46. The van der Waals surface area contributed by atoms with Gasteiger partial charge in [-0.3, -0.25) is 9.59 Å². The summed E-state index contributed by atoms with van der Waals surface area (Å²) in [6, 6.07) is 7.68. The average molecular weight is 276 g/mol. The van der Waals surface area contributed by atoms with Crippen LogP contribution < -0.4 is 10.6 Å². The number of aliphatic carboxylic acids is 1. The predicted molar refractivity (Wildman–Crippen MR) is 76.6 cm³/mol. The molecule has 20 heavy (non-hydrogen) atoms. The number of anilines is 1. The molecule has 0 saturated heterocycles. The standard InChI is InChI=1S/C15H20N2O3/c1-10(6-7-14(18)19)9-16-15(20)13-8-11-4-2-3-5-12(11)17-13/h2-5,10,13,17H,6-9H2,1H3,(H,16,20)(H,18,19). The minimum absolute atomic E-state index is 0.0247. The maximum absolute atomic E-state index is 12.1. The van der Waals surface area contributed by atoms with Gasteiger partial charge in [-0.25, -0.2) is 0 Å². The third-order valence-corrected chi connectivity index (χ3v) is 3.56. The van der Waals surface area contributed by atoms with Crippen LogP contribution in [0, 0.1) is 5.92 Å². The third-order valence-electron chi connectivity index (χ3n) is 3.56. The van der Waals surface area contributed by atoms with Crippen LogP contribution in [0.4, 0.5) is 5.69 Å². The predicted octanol–water partition coefficient (Wildman–Crippen LogP) is 1.64. The molecule has 1 heterocycles. The number of carboxylic acids is 1. The Kier molecular flexibility index (Phi) is 4.61. The van der Waals surface area contributed by atoms with Crippen molar-refractivity contribution in [3.05, 3.63) is 29.8 Å². The van der Waals surface area contributed by atoms with E-state index in [1.165, 1.54) is 0 Å². The number of amides is 1. The van der Waals surface area contributed by atoms with E-state index in [9.17, 15) is 9.59 Å². The van der Waals surface area contributed by atoms with E-state index >= 15 is 0 Å². The van der Waals surface area contributed by atoms with Crippen LogP contribution in [-0.4, -0.2) is 29.6 Å². The molecule has 2 atom stereocenters. The highest BCUT2D eigenvalue weighted by Gasteiger charge is 2.26. The molecule has 5 heteroatoms. The maximum Gasteiger partial charge on any atom is 0.303 e. The Bertz CT molecular complexity index is 477. The number of carboxylic acid groups (broad SMARTS) is 1. The van der Waals surface area contributed by atoms with Crippen LogP contribution in [0.2, 0.25) is 0 Å². The molecule has 1 amide bonds. The summed E-state index contributed by atoms with van der Waals surface area (Å²) in [4.78, 5) is 22.5. The average Bonchev–Trinajstić information content (AvgIpc) is 2.86. The molecule has 0 bridgehead atoms. The summed E-state index contributed by atoms with van der Waals surface area (Å²) in [5, 5.41) is 14.7. The van der Waals surface area contributed by atoms with Gasteiger partial charge in [0.15, 0.2) is 0 Å². The first-order valence-corrected chi connectivity index (χ1v) is 6.90. The lowest BCUT2D eigenvalue weighted by Crippen LogP contribution is -2.40. The second-order valence-corrected chi connectivity index (χ2v) is 5.34. The zero-order valence-electron chi connectivity index (χ0n) is 11.6. The molecule has 1 aliphatic heterocycles. The number of para-hydroxylation sites is 1. The second-order valence-electron chi connectivity index (χ2n) is 5.34. The molecular weight excluding hydrogens is 256 g/mol. The molecule has 108 valence electrons. The lowest BCUT2D eigenvalue weighted by atomic mass is 10.1. The van der Waals surface area contributed by atoms with Gasteiger partial charge in [-0.1, -0.05) is 25.1 Å². The summed E-state index contributed by atoms with van der Waals surface area (Å²) in [5.41, 5.74) is 2.18. The number of fused-ring (bicyclic) bond motifs is 1. The first-order chi connectivity index (χ1) is 9.56. The zero-order valence-corrected chi connectivity index (χ0v) is 11.6. The van der Waals surface area contributed by atoms with E-state index in [4.69, 9.17) is 5.11 Å². The van der Waals surface area contributed by atoms with Crippen molar-refractivity contribution >= 4 is 17.6 Å². The van der Waals surface area contributed by atoms with Crippen molar-refractivity contribution in [2.24, 2.45) is 5.92 Å². The summed E-state index contributed by atoms with van der Waals surface area (Å²) < 4.78 is 0. The first-order valence-electron chi connectivity index (χ1n) is 6.90. The van der Waals surface area contributed by atoms with Gasteiger partial charge in [0.2, 0.25) is 5.91 Å². The lowest BCUT2D eigenvalue weighted by Gasteiger charge is -2.15. The molecule has 0 spiro atoms. The molecule has 1 aliphatic rings. The molecular formula is C15H20N2O3. The third kappa shape index (κ3) is 3.73. The topological polar surface area (TPSA) is 78.4 Å². The van der Waals surface area contributed by atoms with Gasteiger partial charge in [-0.15, -0.1) is 0 Å². The fraction of sp³-hybridized carbons (Fsp3) is 0.467. The van der Waals surface area contributed by atoms with E-state index in [0.29, 0.717) is 19.4 Å². The molecule has 0 radical (unpaired) electrons. The van der Waals surface area contributed by atoms with Gasteiger partial charge in [-0.05, 0) is 24.0 Å². The van der Waals surface area contributed by atoms with Gasteiger partial charge < -0.3 is 15.7 Å². The van der Waals surface area contributed by atoms with E-state index in [1.807, 2.05) is 31.2 Å². The molecule has 2 unspecified atom stereocenters. The van der Waals surface area contributed by atoms with Crippen molar-refractivity contribution in [3.8, 4) is 0 Å². The van der Waals surface area contributed by atoms with Crippen LogP contribution in [0.15, 0.2) is 24.3 Å². The number of hydrogen-bond donors (Lipinski definition) is 3. The van der Waals surface area contributed by atoms with E-state index in [1.54, 1.807) is 0 Å². The summed E-state index contributed by atoms with van der Waals surface area (Å²) in [7, 11) is 0. The van der Waals surface area contributed by atoms with Crippen molar-refractivity contribution in [3.63, 3.8) is 0 Å². The monoisotopic (exact) mass is 276 g/mol. The molecule has 0 fully saturated rings. The molecule has 3 N–H and O–H groups in total. The van der Waals surface area contributed by atoms with Crippen LogP contribution in [0.1, 0.15) is 25.3 Å². The smallest absolute Gasteiger partial charge is 0.303 e. The zero-order chi connectivity index (χ0) is 14.5. The van der Waals surface area contributed by atoms with Crippen molar-refractivity contribution < 1.29 is 14.7 Å². The lowest BCUT2D eigenvalue weighted by molar-refractivity contribution is -0.137. The molecule has 1 aromatic carbocycles. The quantitative estimate of drug-likeness (QED) is 0.738. The number of rotatable bonds is 6. The van der Waals surface area contributed by atoms with Gasteiger partial charge in [-0.2, -0.15) is 0 Å². The van der Waals surface area contributed by atoms with Crippen molar-refractivity contribution in [1.29, 1.82) is 0 Å². The Hall–Kier alpha value is -2.04. The van der Waals surface area contributed by atoms with Gasteiger partial charge in [0.05, 0.1) is 0 Å². The highest BCUT2D eigenvalue weighted by molar-refractivity contribution is 5.87. The van der Waals surface area contributed by atoms with E-state index in [0.717, 1.165) is 11.3 Å². The molecule has 0 saturated carbocycles. The van der Waals surface area contributed by atoms with Crippen molar-refractivity contribution in [2.45, 2.75) is 32.2 Å². The number of carbonyl (C=O) groups is 2. The molecule has 1 aromatic rings. The largest absolute Gasteiger partial charge is 0.481 e. The first kappa shape index (κ1) is 14.4. The number of carbonyl (C=O) groups excluding carboxylic acids is 1. The number of benzene rings is 1. The SMILES string of the molecule is CC(CCC(=O)O)CNC(=O)C1Cc2ccccc2N1. The van der Waals surface area contributed by atoms with Gasteiger partial charge >= 0.3 is 5.97 Å². The Morgan fingerprint density at radius 1 is 1.45 bits per heavy atom. The van der Waals surface area contributed by atoms with Crippen LogP contribution in [0.5, 0.6) is 0 Å². The Morgan fingerprint density at radius 2 is 2.20 bits per heavy atom. The van der Waals surface area contributed by atoms with E-state index in [-0.39, 0.29) is 24.3 Å².